The van der Waals surface area contributed by atoms with Gasteiger partial charge in [0.25, 0.3) is 0 Å². The van der Waals surface area contributed by atoms with E-state index in [1.54, 1.807) is 24.3 Å². The quantitative estimate of drug-likeness (QED) is 0.628. The van der Waals surface area contributed by atoms with Crippen LogP contribution in [0.3, 0.4) is 0 Å². The molecule has 0 amide bonds. The lowest BCUT2D eigenvalue weighted by Crippen LogP contribution is -1.92. The summed E-state index contributed by atoms with van der Waals surface area (Å²) in [5, 5.41) is 16.9. The van der Waals surface area contributed by atoms with E-state index in [1.807, 2.05) is 24.3 Å². The van der Waals surface area contributed by atoms with Crippen LogP contribution < -0.4 is 9.78 Å². The van der Waals surface area contributed by atoms with Crippen molar-refractivity contribution in [3.63, 3.8) is 0 Å². The van der Waals surface area contributed by atoms with Crippen molar-refractivity contribution < 1.29 is 20.3 Å². The predicted molar refractivity (Wildman–Crippen MR) is 66.8 cm³/mol. The topological polar surface area (TPSA) is 58.9 Å². The summed E-state index contributed by atoms with van der Waals surface area (Å²) in [7, 11) is 0. The van der Waals surface area contributed by atoms with Gasteiger partial charge in [-0.05, 0) is 48.2 Å². The average molecular weight is 246 g/mol. The molecule has 0 heterocycles. The minimum absolute atomic E-state index is 0.434. The Morgan fingerprint density at radius 2 is 0.944 bits per heavy atom. The summed E-state index contributed by atoms with van der Waals surface area (Å²) < 4.78 is 0. The molecule has 0 aromatic heterocycles. The monoisotopic (exact) mass is 246 g/mol. The standard InChI is InChI=1S/C14H14O4/c15-17-13-7-3-11(4-8-13)1-2-12-5-9-14(18-16)10-6-12/h3-10,15-16H,1-2H2. The molecule has 0 bridgehead atoms. The first-order chi connectivity index (χ1) is 8.81. The molecule has 0 fully saturated rings. The lowest BCUT2D eigenvalue weighted by atomic mass is 10.0. The second kappa shape index (κ2) is 6.05. The molecule has 0 unspecified atom stereocenters. The van der Waals surface area contributed by atoms with Crippen LogP contribution in [0.4, 0.5) is 0 Å². The maximum absolute atomic E-state index is 8.45. The van der Waals surface area contributed by atoms with Gasteiger partial charge in [0.15, 0.2) is 11.5 Å². The fourth-order valence-electron chi connectivity index (χ4n) is 1.72. The highest BCUT2D eigenvalue weighted by atomic mass is 17.1. The fourth-order valence-corrected chi connectivity index (χ4v) is 1.72. The molecule has 0 aliphatic carbocycles. The molecular weight excluding hydrogens is 232 g/mol. The predicted octanol–water partition coefficient (Wildman–Crippen LogP) is 3.18. The Morgan fingerprint density at radius 1 is 0.611 bits per heavy atom. The normalized spacial score (nSPS) is 10.1. The molecule has 4 heteroatoms. The van der Waals surface area contributed by atoms with E-state index in [0.29, 0.717) is 11.5 Å². The third-order valence-corrected chi connectivity index (χ3v) is 2.76. The molecule has 0 spiro atoms. The molecule has 2 aromatic rings. The highest BCUT2D eigenvalue weighted by Gasteiger charge is 1.98. The Labute approximate surface area is 105 Å². The van der Waals surface area contributed by atoms with Crippen molar-refractivity contribution in [3.8, 4) is 11.5 Å². The van der Waals surface area contributed by atoms with Crippen molar-refractivity contribution in [2.45, 2.75) is 12.8 Å². The molecule has 0 radical (unpaired) electrons. The third-order valence-electron chi connectivity index (χ3n) is 2.76. The van der Waals surface area contributed by atoms with Crippen LogP contribution in [-0.4, -0.2) is 10.5 Å². The molecule has 2 N–H and O–H groups in total. The molecule has 2 aromatic carbocycles. The van der Waals surface area contributed by atoms with Gasteiger partial charge in [-0.15, -0.1) is 0 Å². The fraction of sp³-hybridized carbons (Fsp3) is 0.143. The van der Waals surface area contributed by atoms with Crippen LogP contribution in [0.2, 0.25) is 0 Å². The van der Waals surface area contributed by atoms with Crippen LogP contribution in [0.1, 0.15) is 11.1 Å². The Kier molecular flexibility index (Phi) is 4.17. The molecule has 0 saturated heterocycles. The zero-order valence-corrected chi connectivity index (χ0v) is 9.74. The molecule has 4 nitrogen and oxygen atoms in total. The van der Waals surface area contributed by atoms with E-state index in [0.717, 1.165) is 12.8 Å². The summed E-state index contributed by atoms with van der Waals surface area (Å²) in [6.45, 7) is 0. The molecule has 0 aliphatic heterocycles. The van der Waals surface area contributed by atoms with E-state index in [1.165, 1.54) is 11.1 Å². The van der Waals surface area contributed by atoms with Gasteiger partial charge in [-0.2, -0.15) is 0 Å². The zero-order chi connectivity index (χ0) is 12.8. The van der Waals surface area contributed by atoms with Crippen LogP contribution in [0.25, 0.3) is 0 Å². The number of benzene rings is 2. The van der Waals surface area contributed by atoms with E-state index in [-0.39, 0.29) is 0 Å². The lowest BCUT2D eigenvalue weighted by Gasteiger charge is -2.04. The second-order valence-corrected chi connectivity index (χ2v) is 3.97. The molecule has 0 saturated carbocycles. The highest BCUT2D eigenvalue weighted by Crippen LogP contribution is 2.15. The van der Waals surface area contributed by atoms with E-state index in [2.05, 4.69) is 9.78 Å². The molecule has 0 atom stereocenters. The smallest absolute Gasteiger partial charge is 0.165 e. The Hall–Kier alpha value is -2.04. The van der Waals surface area contributed by atoms with Crippen LogP contribution in [0, 0.1) is 0 Å². The number of hydrogen-bond donors (Lipinski definition) is 2. The molecule has 94 valence electrons. The van der Waals surface area contributed by atoms with Crippen molar-refractivity contribution in [1.29, 1.82) is 0 Å². The Bertz CT molecular complexity index is 429. The summed E-state index contributed by atoms with van der Waals surface area (Å²) in [5.41, 5.74) is 2.33. The van der Waals surface area contributed by atoms with Gasteiger partial charge in [0, 0.05) is 0 Å². The second-order valence-electron chi connectivity index (χ2n) is 3.97. The number of aryl methyl sites for hydroxylation is 2. The maximum Gasteiger partial charge on any atom is 0.165 e. The summed E-state index contributed by atoms with van der Waals surface area (Å²) in [6, 6.07) is 14.5. The summed E-state index contributed by atoms with van der Waals surface area (Å²) in [6.07, 6.45) is 1.79. The van der Waals surface area contributed by atoms with Gasteiger partial charge >= 0.3 is 0 Å². The van der Waals surface area contributed by atoms with Gasteiger partial charge in [-0.25, -0.2) is 10.5 Å². The lowest BCUT2D eigenvalue weighted by molar-refractivity contribution is -0.137. The van der Waals surface area contributed by atoms with Gasteiger partial charge in [0.1, 0.15) is 0 Å². The largest absolute Gasteiger partial charge is 0.340 e. The van der Waals surface area contributed by atoms with Crippen molar-refractivity contribution >= 4 is 0 Å². The van der Waals surface area contributed by atoms with E-state index in [4.69, 9.17) is 10.5 Å². The molecule has 2 rings (SSSR count). The van der Waals surface area contributed by atoms with E-state index in [9.17, 15) is 0 Å². The van der Waals surface area contributed by atoms with Crippen molar-refractivity contribution in [1.82, 2.24) is 0 Å². The first-order valence-corrected chi connectivity index (χ1v) is 5.62. The minimum atomic E-state index is 0.434. The maximum atomic E-state index is 8.45. The van der Waals surface area contributed by atoms with Gasteiger partial charge in [0.05, 0.1) is 0 Å². The van der Waals surface area contributed by atoms with E-state index >= 15 is 0 Å². The average Bonchev–Trinajstić information content (AvgIpc) is 2.46. The van der Waals surface area contributed by atoms with Crippen LogP contribution in [0.5, 0.6) is 11.5 Å². The molecule has 18 heavy (non-hydrogen) atoms. The van der Waals surface area contributed by atoms with Crippen molar-refractivity contribution in [2.24, 2.45) is 0 Å². The summed E-state index contributed by atoms with van der Waals surface area (Å²) in [4.78, 5) is 8.24. The van der Waals surface area contributed by atoms with Crippen LogP contribution in [0.15, 0.2) is 48.5 Å². The zero-order valence-electron chi connectivity index (χ0n) is 9.74. The van der Waals surface area contributed by atoms with E-state index < -0.39 is 0 Å². The Balaban J connectivity index is 1.93. The first-order valence-electron chi connectivity index (χ1n) is 5.62. The van der Waals surface area contributed by atoms with Gasteiger partial charge in [0.2, 0.25) is 0 Å². The Morgan fingerprint density at radius 3 is 1.22 bits per heavy atom. The summed E-state index contributed by atoms with van der Waals surface area (Å²) >= 11 is 0. The number of hydrogen-bond acceptors (Lipinski definition) is 4. The molecule has 0 aliphatic rings. The van der Waals surface area contributed by atoms with Crippen molar-refractivity contribution in [2.75, 3.05) is 0 Å². The van der Waals surface area contributed by atoms with Gasteiger partial charge < -0.3 is 9.78 Å². The SMILES string of the molecule is OOc1ccc(CCc2ccc(OO)cc2)cc1. The van der Waals surface area contributed by atoms with Crippen molar-refractivity contribution in [3.05, 3.63) is 59.7 Å². The van der Waals surface area contributed by atoms with Gasteiger partial charge in [-0.3, -0.25) is 0 Å². The summed E-state index contributed by atoms with van der Waals surface area (Å²) in [5.74, 6) is 0.867. The van der Waals surface area contributed by atoms with Gasteiger partial charge in [-0.1, -0.05) is 24.3 Å². The first kappa shape index (κ1) is 12.4. The van der Waals surface area contributed by atoms with Crippen LogP contribution in [-0.2, 0) is 12.8 Å². The molecular formula is C14H14O4. The number of rotatable bonds is 5. The third kappa shape index (κ3) is 3.23. The minimum Gasteiger partial charge on any atom is -0.340 e. The highest BCUT2D eigenvalue weighted by molar-refractivity contribution is 5.29. The van der Waals surface area contributed by atoms with Crippen LogP contribution >= 0.6 is 0 Å².